The fourth-order valence-corrected chi connectivity index (χ4v) is 11.2. The molecule has 4 aliphatic carbocycles. The number of nitrogens with one attached hydrogen (secondary N) is 1. The molecule has 3 saturated carbocycles. The van der Waals surface area contributed by atoms with Crippen LogP contribution in [0.25, 0.3) is 0 Å². The fourth-order valence-electron chi connectivity index (χ4n) is 10.4. The molecule has 2 saturated heterocycles. The molecule has 1 amide bonds. The number of benzene rings is 1. The molecular formula is C34H48N2O5S. The lowest BCUT2D eigenvalue weighted by Gasteiger charge is -2.54. The molecule has 0 aromatic heterocycles. The van der Waals surface area contributed by atoms with Gasteiger partial charge >= 0.3 is 6.09 Å². The number of carbonyl (C=O) groups is 1. The number of amides is 1. The van der Waals surface area contributed by atoms with E-state index in [4.69, 9.17) is 9.47 Å². The van der Waals surface area contributed by atoms with Crippen molar-refractivity contribution in [3.63, 3.8) is 0 Å². The van der Waals surface area contributed by atoms with Gasteiger partial charge in [0, 0.05) is 19.0 Å². The van der Waals surface area contributed by atoms with Gasteiger partial charge in [-0.2, -0.15) is 0 Å². The van der Waals surface area contributed by atoms with Crippen molar-refractivity contribution in [1.82, 2.24) is 9.62 Å². The first kappa shape index (κ1) is 28.8. The van der Waals surface area contributed by atoms with E-state index in [1.54, 1.807) is 5.57 Å². The van der Waals surface area contributed by atoms with Gasteiger partial charge in [-0.25, -0.2) is 17.9 Å². The number of nitrogens with zero attached hydrogens (tertiary/aromatic N) is 1. The van der Waals surface area contributed by atoms with Crippen LogP contribution in [-0.4, -0.2) is 56.0 Å². The summed E-state index contributed by atoms with van der Waals surface area (Å²) >= 11 is 0. The first-order valence-electron chi connectivity index (χ1n) is 16.4. The lowest BCUT2D eigenvalue weighted by atomic mass is 9.52. The summed E-state index contributed by atoms with van der Waals surface area (Å²) in [5.74, 6) is 3.04. The van der Waals surface area contributed by atoms with Crippen molar-refractivity contribution in [3.05, 3.63) is 47.5 Å². The molecule has 1 spiro atoms. The van der Waals surface area contributed by atoms with Gasteiger partial charge in [-0.05, 0) is 98.4 Å². The summed E-state index contributed by atoms with van der Waals surface area (Å²) in [7, 11) is -3.17. The zero-order chi connectivity index (χ0) is 29.3. The molecule has 0 bridgehead atoms. The van der Waals surface area contributed by atoms with E-state index in [0.717, 1.165) is 63.0 Å². The Bertz CT molecular complexity index is 1330. The Balaban J connectivity index is 1.06. The lowest BCUT2D eigenvalue weighted by Crippen LogP contribution is -2.51. The zero-order valence-electron chi connectivity index (χ0n) is 25.5. The van der Waals surface area contributed by atoms with Gasteiger partial charge in [0.2, 0.25) is 10.0 Å². The molecule has 5 fully saturated rings. The van der Waals surface area contributed by atoms with Crippen molar-refractivity contribution in [2.45, 2.75) is 108 Å². The lowest BCUT2D eigenvalue weighted by molar-refractivity contribution is -0.0577. The van der Waals surface area contributed by atoms with E-state index in [1.165, 1.54) is 25.5 Å². The molecule has 1 aromatic rings. The second kappa shape index (κ2) is 10.6. The van der Waals surface area contributed by atoms with Crippen LogP contribution in [0.4, 0.5) is 4.79 Å². The maximum atomic E-state index is 13.3. The minimum absolute atomic E-state index is 0.0645. The van der Waals surface area contributed by atoms with E-state index < -0.39 is 10.0 Å². The van der Waals surface area contributed by atoms with Gasteiger partial charge in [0.15, 0.2) is 0 Å². The van der Waals surface area contributed by atoms with Crippen LogP contribution in [0, 0.1) is 35.0 Å². The largest absolute Gasteiger partial charge is 0.445 e. The Morgan fingerprint density at radius 1 is 1.12 bits per heavy atom. The summed E-state index contributed by atoms with van der Waals surface area (Å²) in [5.41, 5.74) is 2.63. The molecule has 6 aliphatic rings. The van der Waals surface area contributed by atoms with Crippen LogP contribution < -0.4 is 4.72 Å². The van der Waals surface area contributed by atoms with Gasteiger partial charge in [-0.1, -0.05) is 55.8 Å². The Kier molecular flexibility index (Phi) is 7.30. The Morgan fingerprint density at radius 3 is 2.71 bits per heavy atom. The number of ether oxygens (including phenoxy) is 2. The number of rotatable bonds is 4. The van der Waals surface area contributed by atoms with Gasteiger partial charge in [0.1, 0.15) is 6.61 Å². The molecule has 2 aliphatic heterocycles. The highest BCUT2D eigenvalue weighted by molar-refractivity contribution is 7.88. The summed E-state index contributed by atoms with van der Waals surface area (Å²) in [6, 6.07) is 10.1. The number of carbonyl (C=O) groups excluding carboxylic acids is 1. The standard InChI is InChI=1S/C34H48N2O5S/c1-22-15-31-30(36(20-22)32(37)40-21-23-7-5-4-6-8-23)19-34(41-31)14-12-27-24(18-34)16-29-28(27)10-9-25-17-26(35-42(3,38)39)11-13-33(25,29)2/h4-8,18,22,25-31,35H,9-17,19-21H2,1-3H3/t22-,25+,26+,27+,28?,29-,30-,31+,33-,34-/m0/s1. The molecule has 1 unspecified atom stereocenters. The van der Waals surface area contributed by atoms with E-state index in [-0.39, 0.29) is 35.3 Å². The summed E-state index contributed by atoms with van der Waals surface area (Å²) in [5, 5.41) is 0. The van der Waals surface area contributed by atoms with Crippen LogP contribution in [0.5, 0.6) is 0 Å². The highest BCUT2D eigenvalue weighted by Gasteiger charge is 2.59. The summed E-state index contributed by atoms with van der Waals surface area (Å²) in [6.45, 7) is 5.76. The highest BCUT2D eigenvalue weighted by Crippen LogP contribution is 2.65. The number of piperidine rings is 1. The molecule has 1 aromatic carbocycles. The minimum Gasteiger partial charge on any atom is -0.445 e. The number of fused-ring (bicyclic) bond motifs is 6. The van der Waals surface area contributed by atoms with E-state index in [0.29, 0.717) is 30.3 Å². The molecule has 230 valence electrons. The van der Waals surface area contributed by atoms with E-state index in [1.807, 2.05) is 35.2 Å². The van der Waals surface area contributed by atoms with Crippen molar-refractivity contribution in [3.8, 4) is 0 Å². The predicted molar refractivity (Wildman–Crippen MR) is 162 cm³/mol. The molecule has 42 heavy (non-hydrogen) atoms. The molecule has 8 heteroatoms. The average molecular weight is 597 g/mol. The third kappa shape index (κ3) is 5.23. The molecule has 0 radical (unpaired) electrons. The second-order valence-electron chi connectivity index (χ2n) is 15.0. The Labute approximate surface area is 251 Å². The second-order valence-corrected chi connectivity index (χ2v) is 16.8. The van der Waals surface area contributed by atoms with E-state index >= 15 is 0 Å². The Morgan fingerprint density at radius 2 is 1.93 bits per heavy atom. The zero-order valence-corrected chi connectivity index (χ0v) is 26.3. The van der Waals surface area contributed by atoms with Crippen molar-refractivity contribution in [2.24, 2.45) is 35.0 Å². The summed E-state index contributed by atoms with van der Waals surface area (Å²) < 4.78 is 39.5. The molecular weight excluding hydrogens is 548 g/mol. The molecule has 7 rings (SSSR count). The Hall–Kier alpha value is -1.90. The van der Waals surface area contributed by atoms with Gasteiger partial charge in [0.25, 0.3) is 0 Å². The third-order valence-corrected chi connectivity index (χ3v) is 13.0. The first-order chi connectivity index (χ1) is 20.0. The van der Waals surface area contributed by atoms with Crippen molar-refractivity contribution in [2.75, 3.05) is 12.8 Å². The van der Waals surface area contributed by atoms with Crippen LogP contribution in [0.1, 0.15) is 83.6 Å². The molecule has 1 N–H and O–H groups in total. The van der Waals surface area contributed by atoms with Crippen molar-refractivity contribution < 1.29 is 22.7 Å². The topological polar surface area (TPSA) is 84.9 Å². The maximum Gasteiger partial charge on any atom is 0.410 e. The highest BCUT2D eigenvalue weighted by atomic mass is 32.2. The van der Waals surface area contributed by atoms with Crippen LogP contribution in [0.2, 0.25) is 0 Å². The average Bonchev–Trinajstić information content (AvgIpc) is 3.49. The number of likely N-dealkylation sites (tertiary alicyclic amines) is 1. The van der Waals surface area contributed by atoms with Crippen molar-refractivity contribution in [1.29, 1.82) is 0 Å². The first-order valence-corrected chi connectivity index (χ1v) is 18.3. The fraction of sp³-hybridized carbons (Fsp3) is 0.735. The SMILES string of the molecule is C[C@H]1C[C@H]2O[C@@]3(C=C4C[C@H]5C(CC[C@@H]6C[C@H](NS(C)(=O)=O)CC[C@@]65C)[C@@H]4CC3)C[C@@H]2N(C(=O)OCc2ccccc2)C1. The molecule has 2 heterocycles. The third-order valence-electron chi connectivity index (χ3n) is 12.3. The smallest absolute Gasteiger partial charge is 0.410 e. The van der Waals surface area contributed by atoms with E-state index in [9.17, 15) is 13.2 Å². The van der Waals surface area contributed by atoms with Gasteiger partial charge in [0.05, 0.1) is 24.0 Å². The molecule has 10 atom stereocenters. The quantitative estimate of drug-likeness (QED) is 0.428. The maximum absolute atomic E-state index is 13.3. The normalized spacial score (nSPS) is 42.7. The number of hydrogen-bond donors (Lipinski definition) is 1. The minimum atomic E-state index is -3.17. The van der Waals surface area contributed by atoms with Crippen LogP contribution in [-0.2, 0) is 26.1 Å². The van der Waals surface area contributed by atoms with Gasteiger partial charge in [-0.15, -0.1) is 0 Å². The van der Waals surface area contributed by atoms with Gasteiger partial charge < -0.3 is 14.4 Å². The van der Waals surface area contributed by atoms with Crippen molar-refractivity contribution >= 4 is 16.1 Å². The van der Waals surface area contributed by atoms with Crippen LogP contribution >= 0.6 is 0 Å². The predicted octanol–water partition coefficient (Wildman–Crippen LogP) is 6.05. The number of hydrogen-bond acceptors (Lipinski definition) is 5. The number of sulfonamides is 1. The summed E-state index contributed by atoms with van der Waals surface area (Å²) in [6.07, 6.45) is 14.4. The van der Waals surface area contributed by atoms with E-state index in [2.05, 4.69) is 24.6 Å². The number of allylic oxidation sites excluding steroid dienone is 1. The summed E-state index contributed by atoms with van der Waals surface area (Å²) in [4.78, 5) is 15.3. The van der Waals surface area contributed by atoms with Gasteiger partial charge in [-0.3, -0.25) is 0 Å². The van der Waals surface area contributed by atoms with Crippen LogP contribution in [0.15, 0.2) is 42.0 Å². The van der Waals surface area contributed by atoms with Crippen LogP contribution in [0.3, 0.4) is 0 Å². The molecule has 7 nitrogen and oxygen atoms in total. The monoisotopic (exact) mass is 596 g/mol.